The van der Waals surface area contributed by atoms with Crippen molar-refractivity contribution in [3.63, 3.8) is 0 Å². The summed E-state index contributed by atoms with van der Waals surface area (Å²) >= 11 is 9.39. The van der Waals surface area contributed by atoms with Crippen LogP contribution in [0.3, 0.4) is 0 Å². The average Bonchev–Trinajstić information content (AvgIpc) is 2.87. The molecule has 5 nitrogen and oxygen atoms in total. The number of nitrogens with zero attached hydrogens (tertiary/aromatic N) is 2. The fraction of sp³-hybridized carbons (Fsp3) is 0. The molecule has 0 amide bonds. The number of aromatic nitrogens is 2. The second-order valence-electron chi connectivity index (χ2n) is 3.92. The fourth-order valence-electron chi connectivity index (χ4n) is 1.72. The Balaban J connectivity index is 2.03. The second-order valence-corrected chi connectivity index (χ2v) is 5.18. The van der Waals surface area contributed by atoms with E-state index >= 15 is 0 Å². The quantitative estimate of drug-likeness (QED) is 0.691. The van der Waals surface area contributed by atoms with E-state index in [0.29, 0.717) is 21.7 Å². The molecule has 1 aromatic heterocycles. The maximum Gasteiger partial charge on any atom is 0.160 e. The molecule has 7 heteroatoms. The summed E-state index contributed by atoms with van der Waals surface area (Å²) in [5, 5.41) is 11.4. The van der Waals surface area contributed by atoms with Crippen LogP contribution in [0.15, 0.2) is 39.4 Å². The van der Waals surface area contributed by atoms with Crippen LogP contribution in [-0.4, -0.2) is 10.3 Å². The van der Waals surface area contributed by atoms with Gasteiger partial charge in [0.15, 0.2) is 11.0 Å². The number of hydrogen-bond acceptors (Lipinski definition) is 5. The first kappa shape index (κ1) is 12.3. The summed E-state index contributed by atoms with van der Waals surface area (Å²) in [5.41, 5.74) is 9.02. The van der Waals surface area contributed by atoms with Gasteiger partial charge in [0.2, 0.25) is 0 Å². The minimum absolute atomic E-state index is 0.524. The van der Waals surface area contributed by atoms with Crippen molar-refractivity contribution in [1.29, 1.82) is 0 Å². The standard InChI is InChI=1S/C12H8BrClN4O/c13-7-2-1-6(5-8(7)14)16-10-4-3-9(15)11-12(10)18-19-17-11/h1-5,16H,15H2. The summed E-state index contributed by atoms with van der Waals surface area (Å²) in [6.45, 7) is 0. The first-order valence-corrected chi connectivity index (χ1v) is 6.55. The van der Waals surface area contributed by atoms with Gasteiger partial charge in [-0.25, -0.2) is 4.63 Å². The third-order valence-electron chi connectivity index (χ3n) is 2.65. The number of fused-ring (bicyclic) bond motifs is 1. The van der Waals surface area contributed by atoms with Crippen LogP contribution in [0.1, 0.15) is 0 Å². The Hall–Kier alpha value is -1.79. The summed E-state index contributed by atoms with van der Waals surface area (Å²) in [6.07, 6.45) is 0. The number of benzene rings is 2. The van der Waals surface area contributed by atoms with Crippen LogP contribution < -0.4 is 11.1 Å². The first-order chi connectivity index (χ1) is 9.15. The van der Waals surface area contributed by atoms with Gasteiger partial charge in [0.25, 0.3) is 0 Å². The first-order valence-electron chi connectivity index (χ1n) is 5.38. The molecule has 0 spiro atoms. The molecule has 0 saturated heterocycles. The van der Waals surface area contributed by atoms with E-state index in [9.17, 15) is 0 Å². The molecule has 0 aliphatic carbocycles. The number of halogens is 2. The van der Waals surface area contributed by atoms with Crippen molar-refractivity contribution in [2.75, 3.05) is 11.1 Å². The predicted octanol–water partition coefficient (Wildman–Crippen LogP) is 3.96. The van der Waals surface area contributed by atoms with Crippen LogP contribution in [0.4, 0.5) is 17.1 Å². The molecule has 0 aliphatic rings. The smallest absolute Gasteiger partial charge is 0.160 e. The number of nitrogens with one attached hydrogen (secondary N) is 1. The summed E-state index contributed by atoms with van der Waals surface area (Å²) in [7, 11) is 0. The Bertz CT molecular complexity index is 759. The Kier molecular flexibility index (Phi) is 3.04. The van der Waals surface area contributed by atoms with Crippen LogP contribution in [-0.2, 0) is 0 Å². The van der Waals surface area contributed by atoms with Crippen molar-refractivity contribution in [2.45, 2.75) is 0 Å². The molecule has 0 unspecified atom stereocenters. The SMILES string of the molecule is Nc1ccc(Nc2ccc(Br)c(Cl)c2)c2nonc12. The van der Waals surface area contributed by atoms with Gasteiger partial charge >= 0.3 is 0 Å². The van der Waals surface area contributed by atoms with E-state index in [2.05, 4.69) is 31.6 Å². The molecule has 0 radical (unpaired) electrons. The van der Waals surface area contributed by atoms with E-state index in [0.717, 1.165) is 15.8 Å². The van der Waals surface area contributed by atoms with Crippen molar-refractivity contribution in [2.24, 2.45) is 0 Å². The highest BCUT2D eigenvalue weighted by molar-refractivity contribution is 9.10. The van der Waals surface area contributed by atoms with Crippen LogP contribution in [0.2, 0.25) is 5.02 Å². The Morgan fingerprint density at radius 1 is 1.16 bits per heavy atom. The van der Waals surface area contributed by atoms with E-state index in [1.807, 2.05) is 18.2 Å². The van der Waals surface area contributed by atoms with Gasteiger partial charge in [-0.2, -0.15) is 0 Å². The molecule has 3 N–H and O–H groups in total. The number of nitrogen functional groups attached to an aromatic ring is 1. The van der Waals surface area contributed by atoms with Gasteiger partial charge in [-0.05, 0) is 56.6 Å². The predicted molar refractivity (Wildman–Crippen MR) is 78.7 cm³/mol. The van der Waals surface area contributed by atoms with Crippen LogP contribution in [0.25, 0.3) is 11.0 Å². The Morgan fingerprint density at radius 2 is 1.95 bits per heavy atom. The molecular formula is C12H8BrClN4O. The van der Waals surface area contributed by atoms with E-state index in [1.54, 1.807) is 12.1 Å². The van der Waals surface area contributed by atoms with E-state index in [-0.39, 0.29) is 0 Å². The lowest BCUT2D eigenvalue weighted by atomic mass is 10.2. The van der Waals surface area contributed by atoms with E-state index in [1.165, 1.54) is 0 Å². The number of nitrogens with two attached hydrogens (primary N) is 1. The zero-order valence-corrected chi connectivity index (χ0v) is 11.9. The number of anilines is 3. The summed E-state index contributed by atoms with van der Waals surface area (Å²) in [6, 6.07) is 9.13. The topological polar surface area (TPSA) is 77.0 Å². The normalized spacial score (nSPS) is 10.8. The lowest BCUT2D eigenvalue weighted by Gasteiger charge is -2.08. The molecule has 0 fully saturated rings. The molecule has 1 heterocycles. The summed E-state index contributed by atoms with van der Waals surface area (Å²) in [4.78, 5) is 0. The third kappa shape index (κ3) is 2.24. The van der Waals surface area contributed by atoms with E-state index < -0.39 is 0 Å². The van der Waals surface area contributed by atoms with Crippen LogP contribution >= 0.6 is 27.5 Å². The number of rotatable bonds is 2. The zero-order chi connectivity index (χ0) is 13.4. The molecule has 0 atom stereocenters. The molecule has 2 aromatic carbocycles. The van der Waals surface area contributed by atoms with E-state index in [4.69, 9.17) is 22.0 Å². The zero-order valence-electron chi connectivity index (χ0n) is 9.52. The molecule has 96 valence electrons. The summed E-state index contributed by atoms with van der Waals surface area (Å²) in [5.74, 6) is 0. The molecule has 0 aliphatic heterocycles. The molecule has 3 aromatic rings. The van der Waals surface area contributed by atoms with Crippen molar-refractivity contribution in [3.05, 3.63) is 39.8 Å². The maximum absolute atomic E-state index is 6.05. The number of hydrogen-bond donors (Lipinski definition) is 2. The van der Waals surface area contributed by atoms with Crippen molar-refractivity contribution in [3.8, 4) is 0 Å². The fourth-order valence-corrected chi connectivity index (χ4v) is 2.14. The van der Waals surface area contributed by atoms with Crippen molar-refractivity contribution >= 4 is 55.6 Å². The van der Waals surface area contributed by atoms with Crippen LogP contribution in [0, 0.1) is 0 Å². The maximum atomic E-state index is 6.05. The lowest BCUT2D eigenvalue weighted by Crippen LogP contribution is -1.94. The minimum Gasteiger partial charge on any atom is -0.397 e. The highest BCUT2D eigenvalue weighted by Gasteiger charge is 2.10. The monoisotopic (exact) mass is 338 g/mol. The second kappa shape index (κ2) is 4.71. The van der Waals surface area contributed by atoms with Crippen molar-refractivity contribution in [1.82, 2.24) is 10.3 Å². The van der Waals surface area contributed by atoms with Gasteiger partial charge in [0.05, 0.1) is 16.4 Å². The lowest BCUT2D eigenvalue weighted by molar-refractivity contribution is 0.316. The molecule has 3 rings (SSSR count). The third-order valence-corrected chi connectivity index (χ3v) is 3.88. The van der Waals surface area contributed by atoms with Crippen LogP contribution in [0.5, 0.6) is 0 Å². The van der Waals surface area contributed by atoms with Gasteiger partial charge in [0.1, 0.15) is 0 Å². The van der Waals surface area contributed by atoms with Crippen molar-refractivity contribution < 1.29 is 4.63 Å². The largest absolute Gasteiger partial charge is 0.397 e. The van der Waals surface area contributed by atoms with Gasteiger partial charge in [-0.15, -0.1) is 0 Å². The average molecular weight is 340 g/mol. The molecule has 0 bridgehead atoms. The molecule has 0 saturated carbocycles. The Labute approximate surface area is 121 Å². The molecular weight excluding hydrogens is 332 g/mol. The van der Waals surface area contributed by atoms with Gasteiger partial charge in [0, 0.05) is 10.2 Å². The van der Waals surface area contributed by atoms with Gasteiger partial charge in [-0.3, -0.25) is 0 Å². The summed E-state index contributed by atoms with van der Waals surface area (Å²) < 4.78 is 5.55. The van der Waals surface area contributed by atoms with Gasteiger partial charge < -0.3 is 11.1 Å². The minimum atomic E-state index is 0.524. The highest BCUT2D eigenvalue weighted by Crippen LogP contribution is 2.30. The molecule has 19 heavy (non-hydrogen) atoms. The van der Waals surface area contributed by atoms with Gasteiger partial charge in [-0.1, -0.05) is 11.6 Å². The highest BCUT2D eigenvalue weighted by atomic mass is 79.9. The Morgan fingerprint density at radius 3 is 2.74 bits per heavy atom.